The smallest absolute Gasteiger partial charge is 0.326 e. The number of carbonyl (C=O) groups excluding carboxylic acids is 3. The molecule has 29 heavy (non-hydrogen) atoms. The number of rotatable bonds is 13. The average Bonchev–Trinajstić information content (AvgIpc) is 3.19. The summed E-state index contributed by atoms with van der Waals surface area (Å²) in [6, 6.07) is -2.54. The van der Waals surface area contributed by atoms with Crippen molar-refractivity contribution in [1.29, 1.82) is 0 Å². The maximum Gasteiger partial charge on any atom is 0.326 e. The first-order chi connectivity index (χ1) is 13.8. The molecule has 3 atom stereocenters. The van der Waals surface area contributed by atoms with Crippen LogP contribution in [0.1, 0.15) is 38.5 Å². The van der Waals surface area contributed by atoms with Gasteiger partial charge in [-0.25, -0.2) is 4.79 Å². The van der Waals surface area contributed by atoms with Gasteiger partial charge in [0, 0.05) is 6.54 Å². The molecule has 0 spiro atoms. The van der Waals surface area contributed by atoms with Gasteiger partial charge >= 0.3 is 5.97 Å². The van der Waals surface area contributed by atoms with Crippen LogP contribution in [0.5, 0.6) is 0 Å². The van der Waals surface area contributed by atoms with Crippen LogP contribution in [0.3, 0.4) is 0 Å². The minimum atomic E-state index is -1.04. The quantitative estimate of drug-likeness (QED) is 0.228. The third-order valence-corrected chi connectivity index (χ3v) is 5.47. The number of nitrogens with two attached hydrogens (primary N) is 2. The molecule has 1 saturated heterocycles. The van der Waals surface area contributed by atoms with Gasteiger partial charge in [0.1, 0.15) is 18.1 Å². The number of likely N-dealkylation sites (tertiary alicyclic amines) is 1. The summed E-state index contributed by atoms with van der Waals surface area (Å²) < 4.78 is 0. The van der Waals surface area contributed by atoms with Crippen LogP contribution in [0.15, 0.2) is 0 Å². The molecule has 0 aliphatic carbocycles. The number of hydrogen-bond acceptors (Lipinski definition) is 7. The Morgan fingerprint density at radius 3 is 2.45 bits per heavy atom. The molecule has 1 rings (SSSR count). The predicted molar refractivity (Wildman–Crippen MR) is 111 cm³/mol. The molecular weight excluding hydrogens is 398 g/mol. The van der Waals surface area contributed by atoms with Gasteiger partial charge in [-0.1, -0.05) is 0 Å². The SMILES string of the molecule is CSCCC(NC(=O)C(CCCCN)NC(=O)CN)C(=O)N1CCCC1C(=O)O. The molecular formula is C18H33N5O5S. The topological polar surface area (TPSA) is 168 Å². The third kappa shape index (κ3) is 8.19. The number of thioether (sulfide) groups is 1. The van der Waals surface area contributed by atoms with Crippen LogP contribution in [0.4, 0.5) is 0 Å². The number of nitrogens with one attached hydrogen (secondary N) is 2. The molecule has 166 valence electrons. The van der Waals surface area contributed by atoms with E-state index in [9.17, 15) is 24.3 Å². The molecule has 1 aliphatic rings. The average molecular weight is 432 g/mol. The van der Waals surface area contributed by atoms with Crippen molar-refractivity contribution in [3.05, 3.63) is 0 Å². The fourth-order valence-electron chi connectivity index (χ4n) is 3.27. The van der Waals surface area contributed by atoms with E-state index in [1.807, 2.05) is 6.26 Å². The van der Waals surface area contributed by atoms with Crippen molar-refractivity contribution in [2.45, 2.75) is 56.7 Å². The summed E-state index contributed by atoms with van der Waals surface area (Å²) in [5, 5.41) is 14.7. The molecule has 1 fully saturated rings. The molecule has 0 aromatic heterocycles. The highest BCUT2D eigenvalue weighted by atomic mass is 32.2. The van der Waals surface area contributed by atoms with Gasteiger partial charge in [0.05, 0.1) is 6.54 Å². The summed E-state index contributed by atoms with van der Waals surface area (Å²) in [5.74, 6) is -1.76. The summed E-state index contributed by atoms with van der Waals surface area (Å²) in [5.41, 5.74) is 10.8. The van der Waals surface area contributed by atoms with Crippen molar-refractivity contribution in [3.63, 3.8) is 0 Å². The standard InChI is InChI=1S/C18H33N5O5S/c1-29-10-7-13(17(26)23-9-4-6-14(23)18(27)28)22-16(25)12(5-2-3-8-19)21-15(24)11-20/h12-14H,2-11,19-20H2,1H3,(H,21,24)(H,22,25)(H,27,28). The van der Waals surface area contributed by atoms with Crippen molar-refractivity contribution >= 4 is 35.5 Å². The third-order valence-electron chi connectivity index (χ3n) is 4.83. The first kappa shape index (κ1) is 25.2. The maximum atomic E-state index is 13.0. The fraction of sp³-hybridized carbons (Fsp3) is 0.778. The van der Waals surface area contributed by atoms with Crippen LogP contribution in [-0.4, -0.2) is 83.5 Å². The van der Waals surface area contributed by atoms with Gasteiger partial charge < -0.3 is 32.1 Å². The van der Waals surface area contributed by atoms with Crippen molar-refractivity contribution in [3.8, 4) is 0 Å². The lowest BCUT2D eigenvalue weighted by Crippen LogP contribution is -2.56. The highest BCUT2D eigenvalue weighted by Crippen LogP contribution is 2.20. The normalized spacial score (nSPS) is 18.2. The molecule has 0 bridgehead atoms. The summed E-state index contributed by atoms with van der Waals surface area (Å²) in [6.07, 6.45) is 4.98. The van der Waals surface area contributed by atoms with Crippen molar-refractivity contribution in [2.24, 2.45) is 11.5 Å². The monoisotopic (exact) mass is 431 g/mol. The Labute approximate surface area is 175 Å². The second-order valence-electron chi connectivity index (χ2n) is 6.98. The van der Waals surface area contributed by atoms with Crippen LogP contribution in [-0.2, 0) is 19.2 Å². The summed E-state index contributed by atoms with van der Waals surface area (Å²) in [4.78, 5) is 50.2. The Bertz CT molecular complexity index is 577. The van der Waals surface area contributed by atoms with Crippen LogP contribution in [0, 0.1) is 0 Å². The number of carboxylic acids is 1. The molecule has 3 amide bonds. The van der Waals surface area contributed by atoms with E-state index in [-0.39, 0.29) is 6.54 Å². The molecule has 1 heterocycles. The van der Waals surface area contributed by atoms with Crippen molar-refractivity contribution in [1.82, 2.24) is 15.5 Å². The lowest BCUT2D eigenvalue weighted by molar-refractivity contribution is -0.149. The van der Waals surface area contributed by atoms with Crippen LogP contribution < -0.4 is 22.1 Å². The van der Waals surface area contributed by atoms with Gasteiger partial charge in [-0.15, -0.1) is 0 Å². The van der Waals surface area contributed by atoms with E-state index in [2.05, 4.69) is 10.6 Å². The molecule has 0 radical (unpaired) electrons. The van der Waals surface area contributed by atoms with Gasteiger partial charge in [0.2, 0.25) is 17.7 Å². The first-order valence-corrected chi connectivity index (χ1v) is 11.3. The van der Waals surface area contributed by atoms with Gasteiger partial charge in [-0.3, -0.25) is 14.4 Å². The van der Waals surface area contributed by atoms with E-state index in [0.717, 1.165) is 0 Å². The number of aliphatic carboxylic acids is 1. The van der Waals surface area contributed by atoms with Gasteiger partial charge in [-0.05, 0) is 57.1 Å². The molecule has 11 heteroatoms. The molecule has 0 aromatic rings. The van der Waals surface area contributed by atoms with Crippen molar-refractivity contribution < 1.29 is 24.3 Å². The fourth-order valence-corrected chi connectivity index (χ4v) is 3.74. The summed E-state index contributed by atoms with van der Waals surface area (Å²) in [6.45, 7) is 0.578. The number of nitrogens with zero attached hydrogens (tertiary/aromatic N) is 1. The van der Waals surface area contributed by atoms with E-state index in [4.69, 9.17) is 11.5 Å². The largest absolute Gasteiger partial charge is 0.480 e. The number of unbranched alkanes of at least 4 members (excludes halogenated alkanes) is 1. The minimum absolute atomic E-state index is 0.246. The van der Waals surface area contributed by atoms with E-state index < -0.39 is 41.8 Å². The van der Waals surface area contributed by atoms with Crippen LogP contribution in [0.25, 0.3) is 0 Å². The number of carboxylic acid groups (broad SMARTS) is 1. The predicted octanol–water partition coefficient (Wildman–Crippen LogP) is -1.13. The number of hydrogen-bond donors (Lipinski definition) is 5. The van der Waals surface area contributed by atoms with Gasteiger partial charge in [0.15, 0.2) is 0 Å². The number of amides is 3. The highest BCUT2D eigenvalue weighted by molar-refractivity contribution is 7.98. The van der Waals surface area contributed by atoms with Crippen LogP contribution in [0.2, 0.25) is 0 Å². The highest BCUT2D eigenvalue weighted by Gasteiger charge is 2.38. The second-order valence-corrected chi connectivity index (χ2v) is 7.96. The summed E-state index contributed by atoms with van der Waals surface area (Å²) >= 11 is 1.53. The zero-order valence-electron chi connectivity index (χ0n) is 16.9. The Morgan fingerprint density at radius 2 is 1.86 bits per heavy atom. The van der Waals surface area contributed by atoms with E-state index in [1.165, 1.54) is 16.7 Å². The number of carbonyl (C=O) groups is 4. The molecule has 10 nitrogen and oxygen atoms in total. The van der Waals surface area contributed by atoms with E-state index >= 15 is 0 Å². The Morgan fingerprint density at radius 1 is 1.14 bits per heavy atom. The van der Waals surface area contributed by atoms with E-state index in [1.54, 1.807) is 0 Å². The van der Waals surface area contributed by atoms with Gasteiger partial charge in [0.25, 0.3) is 0 Å². The zero-order valence-corrected chi connectivity index (χ0v) is 17.7. The maximum absolute atomic E-state index is 13.0. The molecule has 3 unspecified atom stereocenters. The summed E-state index contributed by atoms with van der Waals surface area (Å²) in [7, 11) is 0. The Kier molecular flexibility index (Phi) is 11.6. The second kappa shape index (κ2) is 13.4. The van der Waals surface area contributed by atoms with Gasteiger partial charge in [-0.2, -0.15) is 11.8 Å². The van der Waals surface area contributed by atoms with E-state index in [0.29, 0.717) is 57.4 Å². The molecule has 0 aromatic carbocycles. The van der Waals surface area contributed by atoms with Crippen molar-refractivity contribution in [2.75, 3.05) is 31.6 Å². The lowest BCUT2D eigenvalue weighted by Gasteiger charge is -2.28. The molecule has 1 aliphatic heterocycles. The Balaban J connectivity index is 2.88. The molecule has 7 N–H and O–H groups in total. The molecule has 0 saturated carbocycles. The first-order valence-electron chi connectivity index (χ1n) is 9.87. The van der Waals surface area contributed by atoms with Crippen LogP contribution >= 0.6 is 11.8 Å². The zero-order chi connectivity index (χ0) is 21.8. The minimum Gasteiger partial charge on any atom is -0.480 e. The lowest BCUT2D eigenvalue weighted by atomic mass is 10.1. The Hall–Kier alpha value is -1.85.